The van der Waals surface area contributed by atoms with Gasteiger partial charge in [-0.25, -0.2) is 0 Å². The molecule has 182 valence electrons. The van der Waals surface area contributed by atoms with Crippen molar-refractivity contribution in [2.45, 2.75) is 30.2 Å². The third-order valence-corrected chi connectivity index (χ3v) is 7.98. The number of hydrogen-bond acceptors (Lipinski definition) is 6. The Morgan fingerprint density at radius 2 is 1.91 bits per heavy atom. The molecular weight excluding hydrogens is 463 g/mol. The van der Waals surface area contributed by atoms with E-state index in [2.05, 4.69) is 20.2 Å². The minimum Gasteiger partial charge on any atom is -0.366 e. The Morgan fingerprint density at radius 3 is 2.68 bits per heavy atom. The fourth-order valence-electron chi connectivity index (χ4n) is 5.20. The van der Waals surface area contributed by atoms with Crippen LogP contribution in [0.1, 0.15) is 18.4 Å². The van der Waals surface area contributed by atoms with Crippen molar-refractivity contribution in [1.82, 2.24) is 29.4 Å². The molecule has 3 aromatic rings. The molecule has 2 unspecified atom stereocenters. The van der Waals surface area contributed by atoms with Crippen LogP contribution in [0, 0.1) is 5.92 Å². The third kappa shape index (κ3) is 4.43. The molecule has 34 heavy (non-hydrogen) atoms. The summed E-state index contributed by atoms with van der Waals surface area (Å²) in [5.41, 5.74) is 0.716. The lowest BCUT2D eigenvalue weighted by molar-refractivity contribution is -0.137. The van der Waals surface area contributed by atoms with Gasteiger partial charge in [-0.3, -0.25) is 4.68 Å². The molecule has 2 fully saturated rings. The van der Waals surface area contributed by atoms with Crippen LogP contribution in [0.15, 0.2) is 41.7 Å². The second kappa shape index (κ2) is 9.26. The first-order chi connectivity index (χ1) is 16.3. The van der Waals surface area contributed by atoms with E-state index in [-0.39, 0.29) is 6.04 Å². The molecule has 4 heterocycles. The standard InChI is InChI=1S/C23H28F3N7S/c1-30-21(19-8-10-27-31(19)2)28-29-22(30)34-13-5-11-32-14-16-9-12-33(20(16)15-32)18-7-4-3-6-17(18)23(24,25)26/h3-4,6-8,10,16,20H,5,9,11-15H2,1-2H3. The number of para-hydroxylation sites is 1. The molecule has 2 aromatic heterocycles. The Labute approximate surface area is 200 Å². The lowest BCUT2D eigenvalue weighted by Crippen LogP contribution is -2.36. The Bertz CT molecular complexity index is 1140. The zero-order valence-electron chi connectivity index (χ0n) is 19.2. The second-order valence-electron chi connectivity index (χ2n) is 8.99. The SMILES string of the molecule is Cn1nccc1-c1nnc(SCCCN2CC3CCN(c4ccccc4C(F)(F)F)C3C2)n1C. The van der Waals surface area contributed by atoms with E-state index in [1.807, 2.05) is 29.6 Å². The normalized spacial score (nSPS) is 20.9. The Morgan fingerprint density at radius 1 is 1.09 bits per heavy atom. The number of hydrogen-bond donors (Lipinski definition) is 0. The molecule has 0 amide bonds. The fourth-order valence-corrected chi connectivity index (χ4v) is 6.04. The highest BCUT2D eigenvalue weighted by molar-refractivity contribution is 7.99. The van der Waals surface area contributed by atoms with E-state index in [1.54, 1.807) is 34.8 Å². The van der Waals surface area contributed by atoms with Gasteiger partial charge in [0.1, 0.15) is 5.69 Å². The summed E-state index contributed by atoms with van der Waals surface area (Å²) in [6.45, 7) is 3.39. The highest BCUT2D eigenvalue weighted by atomic mass is 32.2. The van der Waals surface area contributed by atoms with Crippen LogP contribution in [-0.2, 0) is 20.3 Å². The number of halogens is 3. The first kappa shape index (κ1) is 23.2. The number of alkyl halides is 3. The minimum absolute atomic E-state index is 0.149. The van der Waals surface area contributed by atoms with E-state index < -0.39 is 11.7 Å². The number of aromatic nitrogens is 5. The molecule has 0 aliphatic carbocycles. The van der Waals surface area contributed by atoms with Gasteiger partial charge in [-0.1, -0.05) is 23.9 Å². The number of nitrogens with zero attached hydrogens (tertiary/aromatic N) is 7. The summed E-state index contributed by atoms with van der Waals surface area (Å²) in [6, 6.07) is 8.04. The molecule has 11 heteroatoms. The topological polar surface area (TPSA) is 55.0 Å². The van der Waals surface area contributed by atoms with Gasteiger partial charge >= 0.3 is 6.18 Å². The summed E-state index contributed by atoms with van der Waals surface area (Å²) >= 11 is 1.68. The average Bonchev–Trinajstić information content (AvgIpc) is 3.56. The predicted molar refractivity (Wildman–Crippen MR) is 126 cm³/mol. The monoisotopic (exact) mass is 491 g/mol. The van der Waals surface area contributed by atoms with Crippen LogP contribution < -0.4 is 4.90 Å². The Balaban J connectivity index is 1.15. The minimum atomic E-state index is -4.33. The van der Waals surface area contributed by atoms with Crippen LogP contribution in [0.25, 0.3) is 11.5 Å². The van der Waals surface area contributed by atoms with Crippen molar-refractivity contribution in [3.63, 3.8) is 0 Å². The van der Waals surface area contributed by atoms with E-state index in [0.29, 0.717) is 18.2 Å². The Hall–Kier alpha value is -2.53. The molecule has 5 rings (SSSR count). The number of thioether (sulfide) groups is 1. The van der Waals surface area contributed by atoms with Gasteiger partial charge in [0.15, 0.2) is 11.0 Å². The van der Waals surface area contributed by atoms with Crippen LogP contribution in [0.5, 0.6) is 0 Å². The summed E-state index contributed by atoms with van der Waals surface area (Å²) in [5, 5.41) is 13.7. The Kier molecular flexibility index (Phi) is 6.32. The van der Waals surface area contributed by atoms with E-state index >= 15 is 0 Å². The maximum atomic E-state index is 13.5. The van der Waals surface area contributed by atoms with Crippen molar-refractivity contribution in [3.05, 3.63) is 42.1 Å². The van der Waals surface area contributed by atoms with Gasteiger partial charge in [0.05, 0.1) is 5.56 Å². The predicted octanol–water partition coefficient (Wildman–Crippen LogP) is 3.93. The second-order valence-corrected chi connectivity index (χ2v) is 10.1. The fraction of sp³-hybridized carbons (Fsp3) is 0.522. The van der Waals surface area contributed by atoms with E-state index in [1.165, 1.54) is 12.1 Å². The van der Waals surface area contributed by atoms with E-state index in [4.69, 9.17) is 0 Å². The van der Waals surface area contributed by atoms with Gasteiger partial charge in [0.2, 0.25) is 0 Å². The lowest BCUT2D eigenvalue weighted by atomic mass is 10.0. The quantitative estimate of drug-likeness (QED) is 0.369. The van der Waals surface area contributed by atoms with Crippen molar-refractivity contribution in [1.29, 1.82) is 0 Å². The van der Waals surface area contributed by atoms with E-state index in [9.17, 15) is 13.2 Å². The largest absolute Gasteiger partial charge is 0.418 e. The first-order valence-corrected chi connectivity index (χ1v) is 12.5. The average molecular weight is 492 g/mol. The molecule has 2 saturated heterocycles. The zero-order chi connectivity index (χ0) is 23.9. The van der Waals surface area contributed by atoms with Crippen molar-refractivity contribution in [2.75, 3.05) is 36.8 Å². The molecule has 0 bridgehead atoms. The molecular formula is C23H28F3N7S. The van der Waals surface area contributed by atoms with E-state index in [0.717, 1.165) is 54.9 Å². The highest BCUT2D eigenvalue weighted by Crippen LogP contribution is 2.41. The summed E-state index contributed by atoms with van der Waals surface area (Å²) < 4.78 is 44.4. The lowest BCUT2D eigenvalue weighted by Gasteiger charge is -2.29. The van der Waals surface area contributed by atoms with Crippen molar-refractivity contribution >= 4 is 17.4 Å². The molecule has 0 spiro atoms. The molecule has 2 aliphatic heterocycles. The van der Waals surface area contributed by atoms with Crippen molar-refractivity contribution in [2.24, 2.45) is 20.0 Å². The molecule has 7 nitrogen and oxygen atoms in total. The number of rotatable bonds is 7. The van der Waals surface area contributed by atoms with Gasteiger partial charge < -0.3 is 14.4 Å². The highest BCUT2D eigenvalue weighted by Gasteiger charge is 2.44. The number of aryl methyl sites for hydroxylation is 1. The first-order valence-electron chi connectivity index (χ1n) is 11.5. The van der Waals surface area contributed by atoms with Crippen molar-refractivity contribution in [3.8, 4) is 11.5 Å². The number of fused-ring (bicyclic) bond motifs is 1. The maximum Gasteiger partial charge on any atom is 0.418 e. The van der Waals surface area contributed by atoms with Crippen LogP contribution in [-0.4, -0.2) is 67.4 Å². The molecule has 1 aromatic carbocycles. The number of benzene rings is 1. The van der Waals surface area contributed by atoms with Gasteiger partial charge in [-0.05, 0) is 43.5 Å². The smallest absolute Gasteiger partial charge is 0.366 e. The summed E-state index contributed by atoms with van der Waals surface area (Å²) in [7, 11) is 3.84. The number of likely N-dealkylation sites (tertiary alicyclic amines) is 1. The van der Waals surface area contributed by atoms with Crippen LogP contribution >= 0.6 is 11.8 Å². The maximum absolute atomic E-state index is 13.5. The van der Waals surface area contributed by atoms with Gasteiger partial charge in [0, 0.05) is 57.4 Å². The third-order valence-electron chi connectivity index (χ3n) is 6.88. The van der Waals surface area contributed by atoms with Crippen molar-refractivity contribution < 1.29 is 13.2 Å². The zero-order valence-corrected chi connectivity index (χ0v) is 20.1. The van der Waals surface area contributed by atoms with Gasteiger partial charge in [-0.2, -0.15) is 18.3 Å². The molecule has 2 aliphatic rings. The van der Waals surface area contributed by atoms with Crippen LogP contribution in [0.3, 0.4) is 0 Å². The molecule has 0 N–H and O–H groups in total. The van der Waals surface area contributed by atoms with Crippen LogP contribution in [0.4, 0.5) is 18.9 Å². The molecule has 2 atom stereocenters. The molecule has 0 radical (unpaired) electrons. The summed E-state index contributed by atoms with van der Waals surface area (Å²) in [6.07, 6.45) is -0.666. The molecule has 0 saturated carbocycles. The van der Waals surface area contributed by atoms with Gasteiger partial charge in [-0.15, -0.1) is 10.2 Å². The number of anilines is 1. The summed E-state index contributed by atoms with van der Waals surface area (Å²) in [4.78, 5) is 4.39. The van der Waals surface area contributed by atoms with Crippen LogP contribution in [0.2, 0.25) is 0 Å². The van der Waals surface area contributed by atoms with Gasteiger partial charge in [0.25, 0.3) is 0 Å². The summed E-state index contributed by atoms with van der Waals surface area (Å²) in [5.74, 6) is 2.12.